The Balaban J connectivity index is 1.72. The lowest BCUT2D eigenvalue weighted by atomic mass is 9.93. The van der Waals surface area contributed by atoms with Crippen LogP contribution in [-0.4, -0.2) is 48.3 Å². The molecule has 3 heteroatoms. The van der Waals surface area contributed by atoms with Gasteiger partial charge >= 0.3 is 0 Å². The van der Waals surface area contributed by atoms with Gasteiger partial charge in [-0.05, 0) is 38.1 Å². The number of aliphatic hydroxyl groups is 1. The van der Waals surface area contributed by atoms with Crippen molar-refractivity contribution < 1.29 is 5.11 Å². The summed E-state index contributed by atoms with van der Waals surface area (Å²) in [4.78, 5) is 2.54. The number of hydrogen-bond donors (Lipinski definition) is 2. The first-order valence-electron chi connectivity index (χ1n) is 7.88. The molecule has 0 heterocycles. The fourth-order valence-electron chi connectivity index (χ4n) is 3.12. The van der Waals surface area contributed by atoms with Crippen LogP contribution < -0.4 is 5.32 Å². The highest BCUT2D eigenvalue weighted by Crippen LogP contribution is 2.23. The molecule has 0 aromatic carbocycles. The molecule has 3 nitrogen and oxygen atoms in total. The van der Waals surface area contributed by atoms with Crippen LogP contribution in [0.15, 0.2) is 0 Å². The van der Waals surface area contributed by atoms with E-state index in [1.165, 1.54) is 44.9 Å². The van der Waals surface area contributed by atoms with Crippen LogP contribution in [0.3, 0.4) is 0 Å². The molecule has 0 spiro atoms. The topological polar surface area (TPSA) is 35.5 Å². The number of nitrogens with zero attached hydrogens (tertiary/aromatic N) is 1. The highest BCUT2D eigenvalue weighted by molar-refractivity contribution is 4.83. The molecule has 2 fully saturated rings. The highest BCUT2D eigenvalue weighted by atomic mass is 16.3. The molecule has 0 saturated heterocycles. The van der Waals surface area contributed by atoms with E-state index in [0.717, 1.165) is 31.7 Å². The van der Waals surface area contributed by atoms with E-state index in [1.54, 1.807) is 0 Å². The first-order chi connectivity index (χ1) is 8.79. The van der Waals surface area contributed by atoms with Gasteiger partial charge in [0.25, 0.3) is 0 Å². The molecule has 1 unspecified atom stereocenters. The van der Waals surface area contributed by atoms with Crippen LogP contribution in [0, 0.1) is 5.92 Å². The molecular formula is C15H30N2O. The third kappa shape index (κ3) is 4.87. The largest absolute Gasteiger partial charge is 0.395 e. The van der Waals surface area contributed by atoms with Crippen molar-refractivity contribution in [3.05, 3.63) is 0 Å². The van der Waals surface area contributed by atoms with Crippen LogP contribution in [0.1, 0.15) is 51.9 Å². The van der Waals surface area contributed by atoms with E-state index in [0.29, 0.717) is 12.5 Å². The van der Waals surface area contributed by atoms with Gasteiger partial charge in [0.05, 0.1) is 6.61 Å². The number of aliphatic hydroxyl groups excluding tert-OH is 1. The van der Waals surface area contributed by atoms with Crippen LogP contribution in [-0.2, 0) is 0 Å². The Labute approximate surface area is 112 Å². The molecule has 2 N–H and O–H groups in total. The summed E-state index contributed by atoms with van der Waals surface area (Å²) < 4.78 is 0. The van der Waals surface area contributed by atoms with E-state index in [4.69, 9.17) is 0 Å². The molecule has 0 bridgehead atoms. The van der Waals surface area contributed by atoms with Gasteiger partial charge in [0, 0.05) is 25.2 Å². The number of nitrogens with one attached hydrogen (secondary N) is 1. The Morgan fingerprint density at radius 3 is 2.50 bits per heavy atom. The van der Waals surface area contributed by atoms with Gasteiger partial charge in [-0.1, -0.05) is 26.2 Å². The zero-order chi connectivity index (χ0) is 12.8. The van der Waals surface area contributed by atoms with E-state index >= 15 is 0 Å². The van der Waals surface area contributed by atoms with Crippen molar-refractivity contribution in [3.8, 4) is 0 Å². The summed E-state index contributed by atoms with van der Waals surface area (Å²) in [5, 5.41) is 12.9. The predicted octanol–water partition coefficient (Wildman–Crippen LogP) is 2.00. The summed E-state index contributed by atoms with van der Waals surface area (Å²) in [6.07, 6.45) is 9.57. The summed E-state index contributed by atoms with van der Waals surface area (Å²) in [6.45, 7) is 5.78. The van der Waals surface area contributed by atoms with Crippen molar-refractivity contribution in [2.75, 3.05) is 26.2 Å². The molecule has 0 aromatic rings. The smallest absolute Gasteiger partial charge is 0.0558 e. The average Bonchev–Trinajstić information content (AvgIpc) is 3.21. The van der Waals surface area contributed by atoms with Crippen molar-refractivity contribution >= 4 is 0 Å². The van der Waals surface area contributed by atoms with Crippen LogP contribution in [0.25, 0.3) is 0 Å². The van der Waals surface area contributed by atoms with Crippen molar-refractivity contribution in [2.45, 2.75) is 64.0 Å². The van der Waals surface area contributed by atoms with Crippen molar-refractivity contribution in [2.24, 2.45) is 5.92 Å². The van der Waals surface area contributed by atoms with Gasteiger partial charge in [0.2, 0.25) is 0 Å². The quantitative estimate of drug-likeness (QED) is 0.695. The van der Waals surface area contributed by atoms with Gasteiger partial charge in [-0.15, -0.1) is 0 Å². The van der Waals surface area contributed by atoms with Gasteiger partial charge in [-0.25, -0.2) is 0 Å². The van der Waals surface area contributed by atoms with Crippen molar-refractivity contribution in [3.63, 3.8) is 0 Å². The normalized spacial score (nSPS) is 23.5. The Morgan fingerprint density at radius 1 is 1.17 bits per heavy atom. The Hall–Kier alpha value is -0.120. The second-order valence-corrected chi connectivity index (χ2v) is 6.30. The third-order valence-electron chi connectivity index (χ3n) is 4.36. The minimum Gasteiger partial charge on any atom is -0.395 e. The molecule has 2 saturated carbocycles. The zero-order valence-electron chi connectivity index (χ0n) is 11.9. The third-order valence-corrected chi connectivity index (χ3v) is 4.36. The molecule has 0 aromatic heterocycles. The summed E-state index contributed by atoms with van der Waals surface area (Å²) in [5.41, 5.74) is 0. The van der Waals surface area contributed by atoms with Crippen molar-refractivity contribution in [1.29, 1.82) is 0 Å². The van der Waals surface area contributed by atoms with Crippen molar-refractivity contribution in [1.82, 2.24) is 10.2 Å². The molecule has 18 heavy (non-hydrogen) atoms. The van der Waals surface area contributed by atoms with E-state index in [9.17, 15) is 5.11 Å². The van der Waals surface area contributed by atoms with Crippen LogP contribution in [0.4, 0.5) is 0 Å². The van der Waals surface area contributed by atoms with Crippen LogP contribution in [0.5, 0.6) is 0 Å². The average molecular weight is 254 g/mol. The summed E-state index contributed by atoms with van der Waals surface area (Å²) in [5.74, 6) is 0.694. The standard InChI is InChI=1S/C15H30N2O/c1-13(11-16-14-7-8-14)12-17(9-10-18)15-5-3-2-4-6-15/h13-16,18H,2-12H2,1H3. The second-order valence-electron chi connectivity index (χ2n) is 6.30. The molecule has 2 aliphatic carbocycles. The molecular weight excluding hydrogens is 224 g/mol. The molecule has 2 rings (SSSR count). The first-order valence-corrected chi connectivity index (χ1v) is 7.88. The van der Waals surface area contributed by atoms with E-state index in [-0.39, 0.29) is 0 Å². The van der Waals surface area contributed by atoms with E-state index in [2.05, 4.69) is 17.1 Å². The Kier molecular flexibility index (Phi) is 5.93. The van der Waals surface area contributed by atoms with Gasteiger partial charge in [-0.2, -0.15) is 0 Å². The second kappa shape index (κ2) is 7.46. The maximum atomic E-state index is 9.25. The van der Waals surface area contributed by atoms with E-state index in [1.807, 2.05) is 0 Å². The summed E-state index contributed by atoms with van der Waals surface area (Å²) in [6, 6.07) is 1.54. The fraction of sp³-hybridized carbons (Fsp3) is 1.00. The molecule has 2 aliphatic rings. The first kappa shape index (κ1) is 14.3. The van der Waals surface area contributed by atoms with Gasteiger partial charge in [-0.3, -0.25) is 4.90 Å². The Morgan fingerprint density at radius 2 is 1.89 bits per heavy atom. The molecule has 1 atom stereocenters. The molecule has 0 aliphatic heterocycles. The zero-order valence-corrected chi connectivity index (χ0v) is 11.9. The molecule has 0 radical (unpaired) electrons. The number of rotatable bonds is 8. The maximum absolute atomic E-state index is 9.25. The monoisotopic (exact) mass is 254 g/mol. The van der Waals surface area contributed by atoms with Gasteiger partial charge in [0.1, 0.15) is 0 Å². The highest BCUT2D eigenvalue weighted by Gasteiger charge is 2.24. The van der Waals surface area contributed by atoms with E-state index < -0.39 is 0 Å². The summed E-state index contributed by atoms with van der Waals surface area (Å²) in [7, 11) is 0. The predicted molar refractivity (Wildman–Crippen MR) is 75.7 cm³/mol. The SMILES string of the molecule is CC(CNC1CC1)CN(CCO)C1CCCCC1. The maximum Gasteiger partial charge on any atom is 0.0558 e. The lowest BCUT2D eigenvalue weighted by Gasteiger charge is -2.35. The Bertz CT molecular complexity index is 225. The number of hydrogen-bond acceptors (Lipinski definition) is 3. The minimum absolute atomic E-state index is 0.305. The lowest BCUT2D eigenvalue weighted by Crippen LogP contribution is -2.43. The van der Waals surface area contributed by atoms with Crippen LogP contribution in [0.2, 0.25) is 0 Å². The minimum atomic E-state index is 0.305. The molecule has 106 valence electrons. The van der Waals surface area contributed by atoms with Gasteiger partial charge < -0.3 is 10.4 Å². The molecule has 0 amide bonds. The van der Waals surface area contributed by atoms with Gasteiger partial charge in [0.15, 0.2) is 0 Å². The van der Waals surface area contributed by atoms with Crippen LogP contribution >= 0.6 is 0 Å². The lowest BCUT2D eigenvalue weighted by molar-refractivity contribution is 0.108. The summed E-state index contributed by atoms with van der Waals surface area (Å²) >= 11 is 0. The fourth-order valence-corrected chi connectivity index (χ4v) is 3.12.